The lowest BCUT2D eigenvalue weighted by Gasteiger charge is -1.93. The molecule has 1 aromatic carbocycles. The standard InChI is InChI=1S/C10H9N2/c1-8-7-10(12-11-8)9-5-3-2-4-6-9/h2-3,5-7H,1H3,(H,11,12). The number of hydrogen-bond acceptors (Lipinski definition) is 1. The first-order chi connectivity index (χ1) is 5.86. The molecule has 2 aromatic rings. The topological polar surface area (TPSA) is 28.7 Å². The second kappa shape index (κ2) is 2.81. The van der Waals surface area contributed by atoms with Crippen LogP contribution in [-0.4, -0.2) is 10.2 Å². The second-order valence-corrected chi connectivity index (χ2v) is 2.72. The Bertz CT molecular complexity index is 362. The van der Waals surface area contributed by atoms with Gasteiger partial charge in [0.05, 0.1) is 11.4 Å². The molecule has 0 saturated heterocycles. The smallest absolute Gasteiger partial charge is 0.0653 e. The zero-order valence-corrected chi connectivity index (χ0v) is 6.83. The summed E-state index contributed by atoms with van der Waals surface area (Å²) in [5, 5.41) is 7.01. The fourth-order valence-corrected chi connectivity index (χ4v) is 1.13. The van der Waals surface area contributed by atoms with Crippen LogP contribution in [0.15, 0.2) is 30.3 Å². The summed E-state index contributed by atoms with van der Waals surface area (Å²) in [5.41, 5.74) is 3.18. The molecule has 1 N–H and O–H groups in total. The van der Waals surface area contributed by atoms with E-state index in [4.69, 9.17) is 0 Å². The van der Waals surface area contributed by atoms with Crippen molar-refractivity contribution in [3.8, 4) is 11.3 Å². The first-order valence-corrected chi connectivity index (χ1v) is 3.85. The zero-order valence-electron chi connectivity index (χ0n) is 6.83. The average molecular weight is 157 g/mol. The Kier molecular flexibility index (Phi) is 1.67. The highest BCUT2D eigenvalue weighted by atomic mass is 15.1. The monoisotopic (exact) mass is 157 g/mol. The van der Waals surface area contributed by atoms with Gasteiger partial charge in [0.2, 0.25) is 0 Å². The van der Waals surface area contributed by atoms with Crippen LogP contribution >= 0.6 is 0 Å². The lowest BCUT2D eigenvalue weighted by Crippen LogP contribution is -1.75. The summed E-state index contributed by atoms with van der Waals surface area (Å²) < 4.78 is 0. The van der Waals surface area contributed by atoms with Crippen molar-refractivity contribution in [2.45, 2.75) is 6.92 Å². The molecule has 1 aromatic heterocycles. The molecular weight excluding hydrogens is 148 g/mol. The van der Waals surface area contributed by atoms with Crippen LogP contribution in [0.1, 0.15) is 5.69 Å². The molecule has 0 aliphatic carbocycles. The van der Waals surface area contributed by atoms with Crippen LogP contribution in [0.3, 0.4) is 0 Å². The fourth-order valence-electron chi connectivity index (χ4n) is 1.13. The van der Waals surface area contributed by atoms with E-state index in [9.17, 15) is 0 Å². The summed E-state index contributed by atoms with van der Waals surface area (Å²) in [6, 6.07) is 12.9. The molecule has 2 heteroatoms. The molecule has 2 rings (SSSR count). The molecule has 0 fully saturated rings. The minimum absolute atomic E-state index is 1.01. The molecular formula is C10H9N2. The van der Waals surface area contributed by atoms with Crippen LogP contribution in [0.25, 0.3) is 11.3 Å². The van der Waals surface area contributed by atoms with E-state index in [1.165, 1.54) is 0 Å². The quantitative estimate of drug-likeness (QED) is 0.675. The van der Waals surface area contributed by atoms with Crippen molar-refractivity contribution in [1.82, 2.24) is 10.2 Å². The molecule has 0 atom stereocenters. The van der Waals surface area contributed by atoms with Gasteiger partial charge in [0.25, 0.3) is 0 Å². The molecule has 1 heterocycles. The highest BCUT2D eigenvalue weighted by Crippen LogP contribution is 2.15. The summed E-state index contributed by atoms with van der Waals surface area (Å²) in [7, 11) is 0. The number of nitrogens with zero attached hydrogens (tertiary/aromatic N) is 1. The van der Waals surface area contributed by atoms with Crippen LogP contribution in [-0.2, 0) is 0 Å². The Morgan fingerprint density at radius 1 is 1.50 bits per heavy atom. The third-order valence-electron chi connectivity index (χ3n) is 1.72. The van der Waals surface area contributed by atoms with Gasteiger partial charge in [-0.2, -0.15) is 5.10 Å². The number of hydrogen-bond donors (Lipinski definition) is 1. The maximum absolute atomic E-state index is 4.05. The van der Waals surface area contributed by atoms with Gasteiger partial charge >= 0.3 is 0 Å². The molecule has 0 amide bonds. The van der Waals surface area contributed by atoms with Crippen molar-refractivity contribution < 1.29 is 0 Å². The summed E-state index contributed by atoms with van der Waals surface area (Å²) in [6.07, 6.45) is 0. The van der Waals surface area contributed by atoms with Crippen molar-refractivity contribution >= 4 is 0 Å². The first-order valence-electron chi connectivity index (χ1n) is 3.85. The van der Waals surface area contributed by atoms with Crippen LogP contribution in [0, 0.1) is 13.0 Å². The third-order valence-corrected chi connectivity index (χ3v) is 1.72. The van der Waals surface area contributed by atoms with Gasteiger partial charge in [-0.1, -0.05) is 18.2 Å². The van der Waals surface area contributed by atoms with Gasteiger partial charge in [0.1, 0.15) is 0 Å². The average Bonchev–Trinajstić information content (AvgIpc) is 2.54. The molecule has 59 valence electrons. The number of nitrogens with one attached hydrogen (secondary N) is 1. The van der Waals surface area contributed by atoms with Crippen molar-refractivity contribution in [1.29, 1.82) is 0 Å². The van der Waals surface area contributed by atoms with E-state index in [0.29, 0.717) is 0 Å². The number of aromatic amines is 1. The predicted octanol–water partition coefficient (Wildman–Crippen LogP) is 2.19. The number of benzene rings is 1. The molecule has 0 unspecified atom stereocenters. The van der Waals surface area contributed by atoms with E-state index in [-0.39, 0.29) is 0 Å². The molecule has 0 saturated carbocycles. The predicted molar refractivity (Wildman–Crippen MR) is 47.6 cm³/mol. The molecule has 0 aliphatic heterocycles. The molecule has 2 nitrogen and oxygen atoms in total. The van der Waals surface area contributed by atoms with Crippen LogP contribution in [0.5, 0.6) is 0 Å². The highest BCUT2D eigenvalue weighted by molar-refractivity contribution is 5.58. The maximum atomic E-state index is 4.05. The fraction of sp³-hybridized carbons (Fsp3) is 0.100. The van der Waals surface area contributed by atoms with Crippen molar-refractivity contribution in [2.24, 2.45) is 0 Å². The van der Waals surface area contributed by atoms with Crippen LogP contribution in [0.2, 0.25) is 0 Å². The lowest BCUT2D eigenvalue weighted by atomic mass is 10.1. The molecule has 12 heavy (non-hydrogen) atoms. The van der Waals surface area contributed by atoms with Gasteiger partial charge < -0.3 is 0 Å². The van der Waals surface area contributed by atoms with E-state index < -0.39 is 0 Å². The first kappa shape index (κ1) is 7.10. The van der Waals surface area contributed by atoms with Crippen LogP contribution in [0.4, 0.5) is 0 Å². The Balaban J connectivity index is 2.45. The van der Waals surface area contributed by atoms with Gasteiger partial charge in [-0.3, -0.25) is 5.10 Å². The minimum Gasteiger partial charge on any atom is -0.278 e. The van der Waals surface area contributed by atoms with Gasteiger partial charge in [-0.05, 0) is 25.1 Å². The van der Waals surface area contributed by atoms with Gasteiger partial charge in [-0.15, -0.1) is 0 Å². The number of rotatable bonds is 1. The maximum Gasteiger partial charge on any atom is 0.0653 e. The SMILES string of the molecule is Cc1cc(-c2c[c]ccc2)[nH]n1. The van der Waals surface area contributed by atoms with Gasteiger partial charge in [0.15, 0.2) is 0 Å². The Morgan fingerprint density at radius 3 is 3.00 bits per heavy atom. The number of H-pyrrole nitrogens is 1. The third kappa shape index (κ3) is 1.23. The lowest BCUT2D eigenvalue weighted by molar-refractivity contribution is 1.05. The minimum atomic E-state index is 1.01. The molecule has 0 bridgehead atoms. The van der Waals surface area contributed by atoms with E-state index in [1.54, 1.807) is 0 Å². The largest absolute Gasteiger partial charge is 0.278 e. The summed E-state index contributed by atoms with van der Waals surface area (Å²) in [5.74, 6) is 0. The zero-order chi connectivity index (χ0) is 8.39. The second-order valence-electron chi connectivity index (χ2n) is 2.72. The molecule has 0 spiro atoms. The van der Waals surface area contributed by atoms with Crippen molar-refractivity contribution in [3.63, 3.8) is 0 Å². The number of aromatic nitrogens is 2. The van der Waals surface area contributed by atoms with E-state index >= 15 is 0 Å². The van der Waals surface area contributed by atoms with Crippen LogP contribution < -0.4 is 0 Å². The van der Waals surface area contributed by atoms with Gasteiger partial charge in [-0.25, -0.2) is 0 Å². The van der Waals surface area contributed by atoms with E-state index in [1.807, 2.05) is 37.3 Å². The molecule has 1 radical (unpaired) electrons. The van der Waals surface area contributed by atoms with Crippen molar-refractivity contribution in [3.05, 3.63) is 42.1 Å². The molecule has 0 aliphatic rings. The van der Waals surface area contributed by atoms with Crippen molar-refractivity contribution in [2.75, 3.05) is 0 Å². The summed E-state index contributed by atoms with van der Waals surface area (Å²) in [4.78, 5) is 0. The van der Waals surface area contributed by atoms with E-state index in [0.717, 1.165) is 17.0 Å². The normalized spacial score (nSPS) is 10.1. The highest BCUT2D eigenvalue weighted by Gasteiger charge is 1.98. The van der Waals surface area contributed by atoms with Gasteiger partial charge in [0, 0.05) is 5.56 Å². The Hall–Kier alpha value is -1.57. The number of aryl methyl sites for hydroxylation is 1. The Morgan fingerprint density at radius 2 is 2.42 bits per heavy atom. The van der Waals surface area contributed by atoms with E-state index in [2.05, 4.69) is 16.3 Å². The summed E-state index contributed by atoms with van der Waals surface area (Å²) in [6.45, 7) is 1.96. The Labute approximate surface area is 71.3 Å². The summed E-state index contributed by atoms with van der Waals surface area (Å²) >= 11 is 0.